The zero-order valence-electron chi connectivity index (χ0n) is 9.77. The monoisotopic (exact) mass is 245 g/mol. The molecular weight excluding hydrogens is 226 g/mol. The van der Waals surface area contributed by atoms with Crippen molar-refractivity contribution in [3.05, 3.63) is 21.3 Å². The molecule has 0 aliphatic heterocycles. The largest absolute Gasteiger partial charge is 0.317 e. The van der Waals surface area contributed by atoms with Crippen molar-refractivity contribution < 1.29 is 0 Å². The minimum absolute atomic E-state index is 0.186. The molecule has 1 rings (SSSR count). The van der Waals surface area contributed by atoms with Crippen LogP contribution in [0.25, 0.3) is 0 Å². The van der Waals surface area contributed by atoms with E-state index in [1.807, 2.05) is 6.07 Å². The predicted octanol–water partition coefficient (Wildman–Crippen LogP) is 4.07. The number of hydrogen-bond acceptors (Lipinski definition) is 2. The Morgan fingerprint density at radius 3 is 2.67 bits per heavy atom. The molecule has 0 saturated carbocycles. The summed E-state index contributed by atoms with van der Waals surface area (Å²) in [6.45, 7) is 8.88. The van der Waals surface area contributed by atoms with Crippen LogP contribution in [0, 0.1) is 0 Å². The van der Waals surface area contributed by atoms with E-state index >= 15 is 0 Å². The van der Waals surface area contributed by atoms with Gasteiger partial charge in [0.2, 0.25) is 0 Å². The van der Waals surface area contributed by atoms with Crippen LogP contribution in [0.2, 0.25) is 5.02 Å². The molecule has 0 unspecified atom stereocenters. The number of halogens is 1. The van der Waals surface area contributed by atoms with Crippen LogP contribution in [0.4, 0.5) is 0 Å². The highest BCUT2D eigenvalue weighted by Crippen LogP contribution is 2.36. The summed E-state index contributed by atoms with van der Waals surface area (Å²) in [7, 11) is 0. The van der Waals surface area contributed by atoms with Crippen molar-refractivity contribution in [1.82, 2.24) is 5.32 Å². The van der Waals surface area contributed by atoms with Crippen LogP contribution in [-0.2, 0) is 5.41 Å². The molecule has 0 aromatic carbocycles. The molecule has 1 nitrogen and oxygen atoms in total. The summed E-state index contributed by atoms with van der Waals surface area (Å²) in [5.41, 5.74) is 0.186. The quantitative estimate of drug-likeness (QED) is 0.745. The van der Waals surface area contributed by atoms with Crippen molar-refractivity contribution >= 4 is 22.9 Å². The van der Waals surface area contributed by atoms with Crippen molar-refractivity contribution in [3.63, 3.8) is 0 Å². The first-order valence-corrected chi connectivity index (χ1v) is 6.78. The Morgan fingerprint density at radius 1 is 1.40 bits per heavy atom. The zero-order valence-corrected chi connectivity index (χ0v) is 11.3. The molecule has 1 heterocycles. The van der Waals surface area contributed by atoms with E-state index in [1.165, 1.54) is 11.3 Å². The number of thiophene rings is 1. The Kier molecular flexibility index (Phi) is 5.10. The van der Waals surface area contributed by atoms with Gasteiger partial charge in [-0.25, -0.2) is 0 Å². The summed E-state index contributed by atoms with van der Waals surface area (Å²) < 4.78 is 0. The summed E-state index contributed by atoms with van der Waals surface area (Å²) in [6, 6.07) is 1.99. The predicted molar refractivity (Wildman–Crippen MR) is 70.1 cm³/mol. The molecule has 1 aromatic rings. The number of hydrogen-bond donors (Lipinski definition) is 1. The van der Waals surface area contributed by atoms with Crippen LogP contribution >= 0.6 is 22.9 Å². The van der Waals surface area contributed by atoms with Crippen molar-refractivity contribution in [1.29, 1.82) is 0 Å². The molecule has 0 amide bonds. The van der Waals surface area contributed by atoms with Crippen LogP contribution < -0.4 is 5.32 Å². The van der Waals surface area contributed by atoms with Crippen LogP contribution in [0.1, 0.15) is 38.5 Å². The fraction of sp³-hybridized carbons (Fsp3) is 0.667. The molecule has 1 aromatic heterocycles. The normalized spacial score (nSPS) is 12.0. The molecule has 0 saturated heterocycles. The molecule has 0 atom stereocenters. The van der Waals surface area contributed by atoms with Gasteiger partial charge in [0, 0.05) is 10.3 Å². The second kappa shape index (κ2) is 5.88. The highest BCUT2D eigenvalue weighted by molar-refractivity contribution is 7.10. The molecule has 0 bridgehead atoms. The third-order valence-electron chi connectivity index (χ3n) is 2.59. The van der Waals surface area contributed by atoms with Gasteiger partial charge in [0.15, 0.2) is 0 Å². The van der Waals surface area contributed by atoms with Crippen molar-refractivity contribution in [2.75, 3.05) is 13.1 Å². The molecule has 86 valence electrons. The van der Waals surface area contributed by atoms with Crippen molar-refractivity contribution in [3.8, 4) is 0 Å². The molecule has 0 radical (unpaired) electrons. The summed E-state index contributed by atoms with van der Waals surface area (Å²) in [6.07, 6.45) is 2.33. The van der Waals surface area contributed by atoms with Crippen LogP contribution in [-0.4, -0.2) is 13.1 Å². The highest BCUT2D eigenvalue weighted by atomic mass is 35.5. The molecule has 1 N–H and O–H groups in total. The SMILES string of the molecule is CCCNCCC(C)(C)c1sccc1Cl. The standard InChI is InChI=1S/C12H20ClNS/c1-4-7-14-8-6-12(2,3)11-10(13)5-9-15-11/h5,9,14H,4,6-8H2,1-3H3. The molecule has 0 spiro atoms. The third kappa shape index (κ3) is 3.78. The van der Waals surface area contributed by atoms with Crippen LogP contribution in [0.5, 0.6) is 0 Å². The van der Waals surface area contributed by atoms with Gasteiger partial charge in [-0.2, -0.15) is 0 Å². The lowest BCUT2D eigenvalue weighted by Crippen LogP contribution is -2.25. The van der Waals surface area contributed by atoms with Gasteiger partial charge in [0.05, 0.1) is 5.02 Å². The molecule has 0 aliphatic rings. The summed E-state index contributed by atoms with van der Waals surface area (Å²) in [4.78, 5) is 1.31. The van der Waals surface area contributed by atoms with Crippen molar-refractivity contribution in [2.24, 2.45) is 0 Å². The Hall–Kier alpha value is -0.0500. The Bertz CT molecular complexity index is 294. The molecule has 0 fully saturated rings. The third-order valence-corrected chi connectivity index (χ3v) is 4.29. The minimum atomic E-state index is 0.186. The van der Waals surface area contributed by atoms with E-state index in [1.54, 1.807) is 11.3 Å². The first kappa shape index (κ1) is 13.0. The van der Waals surface area contributed by atoms with Gasteiger partial charge in [0.25, 0.3) is 0 Å². The fourth-order valence-electron chi connectivity index (χ4n) is 1.59. The van der Waals surface area contributed by atoms with E-state index in [-0.39, 0.29) is 5.41 Å². The lowest BCUT2D eigenvalue weighted by molar-refractivity contribution is 0.465. The lowest BCUT2D eigenvalue weighted by atomic mass is 9.87. The van der Waals surface area contributed by atoms with Gasteiger partial charge < -0.3 is 5.32 Å². The maximum Gasteiger partial charge on any atom is 0.0550 e. The Morgan fingerprint density at radius 2 is 2.13 bits per heavy atom. The minimum Gasteiger partial charge on any atom is -0.317 e. The van der Waals surface area contributed by atoms with E-state index in [2.05, 4.69) is 31.5 Å². The van der Waals surface area contributed by atoms with Crippen LogP contribution in [0.15, 0.2) is 11.4 Å². The molecule has 15 heavy (non-hydrogen) atoms. The average Bonchev–Trinajstić information content (AvgIpc) is 2.60. The number of nitrogens with one attached hydrogen (secondary N) is 1. The molecule has 3 heteroatoms. The van der Waals surface area contributed by atoms with E-state index in [0.29, 0.717) is 0 Å². The summed E-state index contributed by atoms with van der Waals surface area (Å²) >= 11 is 7.91. The van der Waals surface area contributed by atoms with Gasteiger partial charge in [-0.1, -0.05) is 32.4 Å². The van der Waals surface area contributed by atoms with Gasteiger partial charge in [-0.3, -0.25) is 0 Å². The van der Waals surface area contributed by atoms with Gasteiger partial charge in [-0.05, 0) is 37.4 Å². The van der Waals surface area contributed by atoms with E-state index in [9.17, 15) is 0 Å². The maximum atomic E-state index is 6.15. The van der Waals surface area contributed by atoms with Gasteiger partial charge in [0.1, 0.15) is 0 Å². The lowest BCUT2D eigenvalue weighted by Gasteiger charge is -2.24. The summed E-state index contributed by atoms with van der Waals surface area (Å²) in [5.74, 6) is 0. The van der Waals surface area contributed by atoms with Gasteiger partial charge >= 0.3 is 0 Å². The van der Waals surface area contributed by atoms with E-state index < -0.39 is 0 Å². The zero-order chi connectivity index (χ0) is 11.3. The smallest absolute Gasteiger partial charge is 0.0550 e. The highest BCUT2D eigenvalue weighted by Gasteiger charge is 2.23. The first-order chi connectivity index (χ1) is 7.08. The Balaban J connectivity index is 2.48. The average molecular weight is 246 g/mol. The maximum absolute atomic E-state index is 6.15. The Labute approximate surface area is 102 Å². The number of rotatable bonds is 6. The first-order valence-electron chi connectivity index (χ1n) is 5.52. The second-order valence-corrected chi connectivity index (χ2v) is 5.80. The topological polar surface area (TPSA) is 12.0 Å². The van der Waals surface area contributed by atoms with Gasteiger partial charge in [-0.15, -0.1) is 11.3 Å². The molecule has 0 aliphatic carbocycles. The van der Waals surface area contributed by atoms with E-state index in [0.717, 1.165) is 24.5 Å². The summed E-state index contributed by atoms with van der Waals surface area (Å²) in [5, 5.41) is 6.42. The van der Waals surface area contributed by atoms with Crippen LogP contribution in [0.3, 0.4) is 0 Å². The molecular formula is C12H20ClNS. The fourth-order valence-corrected chi connectivity index (χ4v) is 3.06. The van der Waals surface area contributed by atoms with Crippen molar-refractivity contribution in [2.45, 2.75) is 39.0 Å². The second-order valence-electron chi connectivity index (χ2n) is 4.48. The van der Waals surface area contributed by atoms with E-state index in [4.69, 9.17) is 11.6 Å².